The average Bonchev–Trinajstić information content (AvgIpc) is 2.80. The van der Waals surface area contributed by atoms with Gasteiger partial charge in [0.15, 0.2) is 0 Å². The molecule has 1 aliphatic heterocycles. The molecule has 0 bridgehead atoms. The predicted octanol–water partition coefficient (Wildman–Crippen LogP) is 4.52. The Balaban J connectivity index is 1.94. The highest BCUT2D eigenvalue weighted by Gasteiger charge is 2.35. The first-order valence-electron chi connectivity index (χ1n) is 10.9. The Morgan fingerprint density at radius 1 is 1.09 bits per heavy atom. The Morgan fingerprint density at radius 3 is 2.39 bits per heavy atom. The maximum absolute atomic E-state index is 14.0. The van der Waals surface area contributed by atoms with E-state index in [1.165, 1.54) is 17.1 Å². The highest BCUT2D eigenvalue weighted by atomic mass is 19.1. The zero-order chi connectivity index (χ0) is 24.5. The Bertz CT molecular complexity index is 1080. The molecule has 1 unspecified atom stereocenters. The second-order valence-corrected chi connectivity index (χ2v) is 9.49. The highest BCUT2D eigenvalue weighted by molar-refractivity contribution is 6.06. The van der Waals surface area contributed by atoms with Crippen molar-refractivity contribution in [3.8, 4) is 11.1 Å². The van der Waals surface area contributed by atoms with E-state index < -0.39 is 41.3 Å². The molecule has 1 heterocycles. The third kappa shape index (κ3) is 5.32. The number of nitrogens with one attached hydrogen (secondary N) is 2. The molecule has 3 amide bonds. The summed E-state index contributed by atoms with van der Waals surface area (Å²) in [6.45, 7) is 10.4. The number of hydrogen-bond donors (Lipinski definition) is 2. The number of ether oxygens (including phenoxy) is 1. The first-order valence-corrected chi connectivity index (χ1v) is 10.9. The zero-order valence-electron chi connectivity index (χ0n) is 19.7. The van der Waals surface area contributed by atoms with Crippen molar-refractivity contribution in [3.05, 3.63) is 53.8 Å². The molecule has 2 aromatic rings. The number of rotatable bonds is 4. The lowest BCUT2D eigenvalue weighted by atomic mass is 9.92. The summed E-state index contributed by atoms with van der Waals surface area (Å²) in [6, 6.07) is 10.5. The summed E-state index contributed by atoms with van der Waals surface area (Å²) in [6.07, 6.45) is -0.727. The van der Waals surface area contributed by atoms with Gasteiger partial charge in [-0.3, -0.25) is 15.0 Å². The van der Waals surface area contributed by atoms with E-state index in [1.807, 2.05) is 12.1 Å². The number of anilines is 1. The van der Waals surface area contributed by atoms with Crippen molar-refractivity contribution in [2.45, 2.75) is 59.1 Å². The van der Waals surface area contributed by atoms with Crippen LogP contribution in [0.25, 0.3) is 11.1 Å². The van der Waals surface area contributed by atoms with Gasteiger partial charge in [-0.05, 0) is 62.9 Å². The van der Waals surface area contributed by atoms with Crippen LogP contribution in [0.1, 0.15) is 53.0 Å². The van der Waals surface area contributed by atoms with Crippen LogP contribution in [0, 0.1) is 11.7 Å². The molecule has 176 valence electrons. The van der Waals surface area contributed by atoms with E-state index in [0.717, 1.165) is 5.56 Å². The maximum Gasteiger partial charge on any atom is 0.408 e. The molecule has 0 radical (unpaired) electrons. The van der Waals surface area contributed by atoms with E-state index in [9.17, 15) is 18.8 Å². The van der Waals surface area contributed by atoms with Gasteiger partial charge in [-0.1, -0.05) is 38.1 Å². The van der Waals surface area contributed by atoms with Crippen LogP contribution in [0.4, 0.5) is 14.9 Å². The molecule has 0 aliphatic carbocycles. The standard InChI is InChI=1S/C25H30FN3O4/c1-14(2)21(27-24(32)33-25(4,5)6)22(30)28-29-20-10-8-7-9-18(20)17-12-11-16(26)13-19(17)15(3)23(29)31/h7-15,21H,1-6H3,(H,27,32)(H,28,30)/t15?,21-/m0/s1. The summed E-state index contributed by atoms with van der Waals surface area (Å²) < 4.78 is 19.3. The van der Waals surface area contributed by atoms with Gasteiger partial charge < -0.3 is 10.1 Å². The number of nitrogens with zero attached hydrogens (tertiary/aromatic N) is 1. The van der Waals surface area contributed by atoms with E-state index >= 15 is 0 Å². The first-order chi connectivity index (χ1) is 15.4. The van der Waals surface area contributed by atoms with Gasteiger partial charge in [0.05, 0.1) is 11.6 Å². The van der Waals surface area contributed by atoms with E-state index in [-0.39, 0.29) is 5.92 Å². The van der Waals surface area contributed by atoms with Gasteiger partial charge in [0.2, 0.25) is 0 Å². The van der Waals surface area contributed by atoms with Crippen LogP contribution in [-0.4, -0.2) is 29.6 Å². The molecule has 3 rings (SSSR count). The number of carbonyl (C=O) groups excluding carboxylic acids is 3. The molecule has 7 nitrogen and oxygen atoms in total. The molecule has 0 saturated heterocycles. The topological polar surface area (TPSA) is 87.7 Å². The van der Waals surface area contributed by atoms with Crippen molar-refractivity contribution in [2.24, 2.45) is 5.92 Å². The third-order valence-electron chi connectivity index (χ3n) is 5.35. The van der Waals surface area contributed by atoms with Gasteiger partial charge in [-0.2, -0.15) is 0 Å². The van der Waals surface area contributed by atoms with Crippen LogP contribution in [-0.2, 0) is 14.3 Å². The number of fused-ring (bicyclic) bond motifs is 3. The third-order valence-corrected chi connectivity index (χ3v) is 5.35. The Morgan fingerprint density at radius 2 is 1.76 bits per heavy atom. The van der Waals surface area contributed by atoms with Crippen molar-refractivity contribution >= 4 is 23.6 Å². The molecule has 33 heavy (non-hydrogen) atoms. The van der Waals surface area contributed by atoms with Gasteiger partial charge in [-0.15, -0.1) is 0 Å². The summed E-state index contributed by atoms with van der Waals surface area (Å²) in [5.74, 6) is -2.41. The number of amides is 3. The van der Waals surface area contributed by atoms with E-state index in [4.69, 9.17) is 4.74 Å². The number of hydrazine groups is 1. The van der Waals surface area contributed by atoms with Gasteiger partial charge in [-0.25, -0.2) is 14.2 Å². The Hall–Kier alpha value is -3.42. The Kier molecular flexibility index (Phi) is 6.76. The molecule has 0 fully saturated rings. The number of para-hydroxylation sites is 1. The molecule has 0 aromatic heterocycles. The number of carbonyl (C=O) groups is 3. The van der Waals surface area contributed by atoms with Crippen molar-refractivity contribution < 1.29 is 23.5 Å². The summed E-state index contributed by atoms with van der Waals surface area (Å²) in [7, 11) is 0. The Labute approximate surface area is 193 Å². The van der Waals surface area contributed by atoms with Crippen molar-refractivity contribution in [2.75, 3.05) is 5.01 Å². The van der Waals surface area contributed by atoms with E-state index in [0.29, 0.717) is 16.8 Å². The minimum absolute atomic E-state index is 0.279. The molecular formula is C25H30FN3O4. The van der Waals surface area contributed by atoms with Gasteiger partial charge in [0.25, 0.3) is 11.8 Å². The molecule has 8 heteroatoms. The predicted molar refractivity (Wildman–Crippen MR) is 124 cm³/mol. The monoisotopic (exact) mass is 455 g/mol. The fourth-order valence-corrected chi connectivity index (χ4v) is 3.74. The van der Waals surface area contributed by atoms with E-state index in [1.54, 1.807) is 59.7 Å². The van der Waals surface area contributed by atoms with Crippen molar-refractivity contribution in [1.29, 1.82) is 0 Å². The number of benzene rings is 2. The second kappa shape index (κ2) is 9.21. The lowest BCUT2D eigenvalue weighted by Gasteiger charge is -2.29. The van der Waals surface area contributed by atoms with Crippen LogP contribution >= 0.6 is 0 Å². The van der Waals surface area contributed by atoms with Crippen LogP contribution in [0.2, 0.25) is 0 Å². The molecule has 2 N–H and O–H groups in total. The van der Waals surface area contributed by atoms with Crippen LogP contribution < -0.4 is 15.8 Å². The van der Waals surface area contributed by atoms with Crippen molar-refractivity contribution in [1.82, 2.24) is 10.7 Å². The number of halogens is 1. The molecule has 2 aromatic carbocycles. The fourth-order valence-electron chi connectivity index (χ4n) is 3.74. The summed E-state index contributed by atoms with van der Waals surface area (Å²) in [5.41, 5.74) is 4.36. The SMILES string of the molecule is CC1C(=O)N(NC(=O)[C@@H](NC(=O)OC(C)(C)C)C(C)C)c2ccccc2-c2ccc(F)cc21. The minimum Gasteiger partial charge on any atom is -0.444 e. The summed E-state index contributed by atoms with van der Waals surface area (Å²) in [4.78, 5) is 38.9. The smallest absolute Gasteiger partial charge is 0.408 e. The lowest BCUT2D eigenvalue weighted by Crippen LogP contribution is -2.57. The van der Waals surface area contributed by atoms with Crippen LogP contribution in [0.15, 0.2) is 42.5 Å². The fraction of sp³-hybridized carbons (Fsp3) is 0.400. The number of hydrogen-bond acceptors (Lipinski definition) is 4. The van der Waals surface area contributed by atoms with Gasteiger partial charge in [0.1, 0.15) is 17.5 Å². The normalized spacial score (nSPS) is 16.4. The zero-order valence-corrected chi connectivity index (χ0v) is 19.7. The largest absolute Gasteiger partial charge is 0.444 e. The highest BCUT2D eigenvalue weighted by Crippen LogP contribution is 2.40. The quantitative estimate of drug-likeness (QED) is 0.709. The summed E-state index contributed by atoms with van der Waals surface area (Å²) in [5, 5.41) is 3.78. The molecular weight excluding hydrogens is 425 g/mol. The van der Waals surface area contributed by atoms with Crippen molar-refractivity contribution in [3.63, 3.8) is 0 Å². The van der Waals surface area contributed by atoms with Crippen LogP contribution in [0.5, 0.6) is 0 Å². The molecule has 1 aliphatic rings. The average molecular weight is 456 g/mol. The number of alkyl carbamates (subject to hydrolysis) is 1. The van der Waals surface area contributed by atoms with Gasteiger partial charge in [0, 0.05) is 5.56 Å². The second-order valence-electron chi connectivity index (χ2n) is 9.49. The van der Waals surface area contributed by atoms with Gasteiger partial charge >= 0.3 is 6.09 Å². The van der Waals surface area contributed by atoms with E-state index in [2.05, 4.69) is 10.7 Å². The lowest BCUT2D eigenvalue weighted by molar-refractivity contribution is -0.128. The molecule has 0 spiro atoms. The first kappa shape index (κ1) is 24.2. The molecule has 2 atom stereocenters. The maximum atomic E-state index is 14.0. The molecule has 0 saturated carbocycles. The van der Waals surface area contributed by atoms with Crippen LogP contribution in [0.3, 0.4) is 0 Å². The summed E-state index contributed by atoms with van der Waals surface area (Å²) >= 11 is 0. The minimum atomic E-state index is -0.946.